The second kappa shape index (κ2) is 5.38. The lowest BCUT2D eigenvalue weighted by Crippen LogP contribution is -2.46. The summed E-state index contributed by atoms with van der Waals surface area (Å²) in [7, 11) is 0. The van der Waals surface area contributed by atoms with Crippen LogP contribution < -0.4 is 5.73 Å². The van der Waals surface area contributed by atoms with Crippen molar-refractivity contribution in [1.29, 1.82) is 0 Å². The van der Waals surface area contributed by atoms with Crippen LogP contribution >= 0.6 is 0 Å². The molecule has 0 bridgehead atoms. The first kappa shape index (κ1) is 14.5. The minimum absolute atomic E-state index is 0.221. The highest BCUT2D eigenvalue weighted by atomic mass is 16.2. The van der Waals surface area contributed by atoms with E-state index in [-0.39, 0.29) is 11.4 Å². The highest BCUT2D eigenvalue weighted by molar-refractivity contribution is 5.77. The fourth-order valence-corrected chi connectivity index (χ4v) is 2.69. The molecule has 2 N–H and O–H groups in total. The van der Waals surface area contributed by atoms with E-state index in [9.17, 15) is 4.79 Å². The topological polar surface area (TPSA) is 46.3 Å². The number of carbonyl (C=O) groups is 1. The van der Waals surface area contributed by atoms with Crippen LogP contribution in [-0.4, -0.2) is 29.4 Å². The van der Waals surface area contributed by atoms with Crippen molar-refractivity contribution < 1.29 is 4.79 Å². The SMILES string of the molecule is CCC1(CC)CCN(C(=O)CC(C)(C)N)CC1. The van der Waals surface area contributed by atoms with E-state index in [0.717, 1.165) is 25.9 Å². The van der Waals surface area contributed by atoms with Gasteiger partial charge >= 0.3 is 0 Å². The molecule has 1 heterocycles. The molecule has 1 aliphatic heterocycles. The molecular weight excluding hydrogens is 212 g/mol. The highest BCUT2D eigenvalue weighted by Crippen LogP contribution is 2.38. The van der Waals surface area contributed by atoms with Crippen molar-refractivity contribution in [3.05, 3.63) is 0 Å². The van der Waals surface area contributed by atoms with Crippen LogP contribution in [0.3, 0.4) is 0 Å². The zero-order valence-electron chi connectivity index (χ0n) is 11.9. The molecule has 1 amide bonds. The van der Waals surface area contributed by atoms with E-state index in [1.807, 2.05) is 18.7 Å². The third-order valence-electron chi connectivity index (χ3n) is 4.28. The minimum Gasteiger partial charge on any atom is -0.343 e. The fourth-order valence-electron chi connectivity index (χ4n) is 2.69. The van der Waals surface area contributed by atoms with Gasteiger partial charge in [-0.25, -0.2) is 0 Å². The zero-order chi connectivity index (χ0) is 13.1. The van der Waals surface area contributed by atoms with Crippen LogP contribution in [0.1, 0.15) is 59.8 Å². The molecule has 0 saturated carbocycles. The van der Waals surface area contributed by atoms with E-state index in [1.54, 1.807) is 0 Å². The monoisotopic (exact) mass is 240 g/mol. The largest absolute Gasteiger partial charge is 0.343 e. The molecule has 1 fully saturated rings. The second-order valence-electron chi connectivity index (χ2n) is 6.25. The number of nitrogens with zero attached hydrogens (tertiary/aromatic N) is 1. The van der Waals surface area contributed by atoms with Crippen LogP contribution in [-0.2, 0) is 4.79 Å². The number of rotatable bonds is 4. The molecule has 1 rings (SSSR count). The molecule has 0 aromatic rings. The van der Waals surface area contributed by atoms with Crippen molar-refractivity contribution in [2.75, 3.05) is 13.1 Å². The molecule has 0 aromatic carbocycles. The molecule has 0 aromatic heterocycles. The number of nitrogens with two attached hydrogens (primary N) is 1. The van der Waals surface area contributed by atoms with Gasteiger partial charge in [0.2, 0.25) is 5.91 Å². The Kier molecular flexibility index (Phi) is 4.59. The summed E-state index contributed by atoms with van der Waals surface area (Å²) in [4.78, 5) is 14.0. The van der Waals surface area contributed by atoms with Crippen molar-refractivity contribution in [3.63, 3.8) is 0 Å². The number of carbonyl (C=O) groups excluding carboxylic acids is 1. The van der Waals surface area contributed by atoms with Gasteiger partial charge in [0.1, 0.15) is 0 Å². The number of likely N-dealkylation sites (tertiary alicyclic amines) is 1. The first-order valence-corrected chi connectivity index (χ1v) is 6.88. The number of piperidine rings is 1. The van der Waals surface area contributed by atoms with E-state index < -0.39 is 0 Å². The summed E-state index contributed by atoms with van der Waals surface area (Å²) < 4.78 is 0. The summed E-state index contributed by atoms with van der Waals surface area (Å²) >= 11 is 0. The van der Waals surface area contributed by atoms with Gasteiger partial charge in [-0.2, -0.15) is 0 Å². The van der Waals surface area contributed by atoms with Crippen LogP contribution in [0.2, 0.25) is 0 Å². The maximum absolute atomic E-state index is 12.0. The summed E-state index contributed by atoms with van der Waals surface area (Å²) in [6.45, 7) is 10.2. The normalized spacial score (nSPS) is 20.4. The quantitative estimate of drug-likeness (QED) is 0.821. The van der Waals surface area contributed by atoms with Crippen LogP contribution in [0.4, 0.5) is 0 Å². The second-order valence-corrected chi connectivity index (χ2v) is 6.25. The van der Waals surface area contributed by atoms with Gasteiger partial charge in [0, 0.05) is 25.0 Å². The van der Waals surface area contributed by atoms with Gasteiger partial charge in [0.25, 0.3) is 0 Å². The number of hydrogen-bond donors (Lipinski definition) is 1. The van der Waals surface area contributed by atoms with Crippen LogP contribution in [0, 0.1) is 5.41 Å². The molecule has 3 nitrogen and oxygen atoms in total. The van der Waals surface area contributed by atoms with Crippen LogP contribution in [0.5, 0.6) is 0 Å². The fraction of sp³-hybridized carbons (Fsp3) is 0.929. The first-order chi connectivity index (χ1) is 7.82. The Balaban J connectivity index is 2.49. The molecule has 17 heavy (non-hydrogen) atoms. The average Bonchev–Trinajstić information content (AvgIpc) is 2.27. The Morgan fingerprint density at radius 3 is 2.06 bits per heavy atom. The van der Waals surface area contributed by atoms with Crippen molar-refractivity contribution in [3.8, 4) is 0 Å². The molecule has 0 atom stereocenters. The summed E-state index contributed by atoms with van der Waals surface area (Å²) in [5, 5.41) is 0. The van der Waals surface area contributed by atoms with Crippen molar-refractivity contribution in [1.82, 2.24) is 4.90 Å². The number of hydrogen-bond acceptors (Lipinski definition) is 2. The van der Waals surface area contributed by atoms with Crippen LogP contribution in [0.25, 0.3) is 0 Å². The van der Waals surface area contributed by atoms with Crippen molar-refractivity contribution >= 4 is 5.91 Å². The smallest absolute Gasteiger partial charge is 0.224 e. The maximum atomic E-state index is 12.0. The van der Waals surface area contributed by atoms with E-state index in [4.69, 9.17) is 5.73 Å². The summed E-state index contributed by atoms with van der Waals surface area (Å²) in [6.07, 6.45) is 5.22. The summed E-state index contributed by atoms with van der Waals surface area (Å²) in [6, 6.07) is 0. The lowest BCUT2D eigenvalue weighted by Gasteiger charge is -2.41. The van der Waals surface area contributed by atoms with E-state index >= 15 is 0 Å². The van der Waals surface area contributed by atoms with Gasteiger partial charge in [-0.15, -0.1) is 0 Å². The summed E-state index contributed by atoms with van der Waals surface area (Å²) in [5.74, 6) is 0.221. The third-order valence-corrected chi connectivity index (χ3v) is 4.28. The Bertz CT molecular complexity index is 254. The highest BCUT2D eigenvalue weighted by Gasteiger charge is 2.33. The van der Waals surface area contributed by atoms with E-state index in [1.165, 1.54) is 12.8 Å². The molecule has 100 valence electrons. The van der Waals surface area contributed by atoms with Gasteiger partial charge in [0.05, 0.1) is 0 Å². The summed E-state index contributed by atoms with van der Waals surface area (Å²) in [5.41, 5.74) is 5.99. The third kappa shape index (κ3) is 3.98. The van der Waals surface area contributed by atoms with Gasteiger partial charge in [0.15, 0.2) is 0 Å². The predicted molar refractivity (Wildman–Crippen MR) is 71.7 cm³/mol. The lowest BCUT2D eigenvalue weighted by molar-refractivity contribution is -0.134. The predicted octanol–water partition coefficient (Wildman–Crippen LogP) is 2.54. The van der Waals surface area contributed by atoms with Crippen LogP contribution in [0.15, 0.2) is 0 Å². The first-order valence-electron chi connectivity index (χ1n) is 6.88. The van der Waals surface area contributed by atoms with Crippen molar-refractivity contribution in [2.45, 2.75) is 65.3 Å². The van der Waals surface area contributed by atoms with Gasteiger partial charge < -0.3 is 10.6 Å². The Hall–Kier alpha value is -0.570. The standard InChI is InChI=1S/C14H28N2O/c1-5-14(6-2)7-9-16(10-8-14)12(17)11-13(3,4)15/h5-11,15H2,1-4H3. The van der Waals surface area contributed by atoms with Gasteiger partial charge in [-0.05, 0) is 32.1 Å². The molecular formula is C14H28N2O. The molecule has 0 aliphatic carbocycles. The molecule has 0 spiro atoms. The van der Waals surface area contributed by atoms with Crippen molar-refractivity contribution in [2.24, 2.45) is 11.1 Å². The van der Waals surface area contributed by atoms with Gasteiger partial charge in [-0.3, -0.25) is 4.79 Å². The molecule has 1 aliphatic rings. The minimum atomic E-state index is -0.388. The molecule has 3 heteroatoms. The maximum Gasteiger partial charge on any atom is 0.224 e. The lowest BCUT2D eigenvalue weighted by atomic mass is 9.74. The Morgan fingerprint density at radius 2 is 1.71 bits per heavy atom. The van der Waals surface area contributed by atoms with Gasteiger partial charge in [-0.1, -0.05) is 26.7 Å². The molecule has 0 radical (unpaired) electrons. The number of amides is 1. The zero-order valence-corrected chi connectivity index (χ0v) is 11.9. The molecule has 1 saturated heterocycles. The Morgan fingerprint density at radius 1 is 1.24 bits per heavy atom. The average molecular weight is 240 g/mol. The van der Waals surface area contributed by atoms with E-state index in [0.29, 0.717) is 11.8 Å². The van der Waals surface area contributed by atoms with E-state index in [2.05, 4.69) is 13.8 Å². The Labute approximate surface area is 106 Å². The molecule has 0 unspecified atom stereocenters.